The van der Waals surface area contributed by atoms with Crippen LogP contribution < -0.4 is 10.6 Å². The molecule has 2 rings (SSSR count). The van der Waals surface area contributed by atoms with E-state index in [9.17, 15) is 0 Å². The van der Waals surface area contributed by atoms with E-state index < -0.39 is 0 Å². The average Bonchev–Trinajstić information content (AvgIpc) is 2.40. The van der Waals surface area contributed by atoms with Crippen LogP contribution in [0.5, 0.6) is 0 Å². The molecule has 0 fully saturated rings. The lowest BCUT2D eigenvalue weighted by molar-refractivity contribution is 0.507. The Morgan fingerprint density at radius 2 is 2.20 bits per heavy atom. The Kier molecular flexibility index (Phi) is 3.06. The fourth-order valence-corrected chi connectivity index (χ4v) is 2.19. The van der Waals surface area contributed by atoms with E-state index in [0.29, 0.717) is 12.0 Å². The Bertz CT molecular complexity index is 349. The van der Waals surface area contributed by atoms with Gasteiger partial charge in [0.05, 0.1) is 16.4 Å². The predicted octanol–water partition coefficient (Wildman–Crippen LogP) is 3.59. The summed E-state index contributed by atoms with van der Waals surface area (Å²) in [6, 6.07) is 6.51. The molecule has 1 aliphatic rings. The van der Waals surface area contributed by atoms with E-state index in [4.69, 9.17) is 11.6 Å². The maximum Gasteiger partial charge on any atom is 0.0765 e. The molecule has 2 nitrogen and oxygen atoms in total. The number of anilines is 2. The minimum atomic E-state index is 0.525. The molecule has 0 bridgehead atoms. The highest BCUT2D eigenvalue weighted by Gasteiger charge is 2.18. The number of fused-ring (bicyclic) bond motifs is 1. The first-order valence-corrected chi connectivity index (χ1v) is 5.85. The molecule has 1 atom stereocenters. The topological polar surface area (TPSA) is 24.1 Å². The average molecular weight is 225 g/mol. The smallest absolute Gasteiger partial charge is 0.0765 e. The van der Waals surface area contributed by atoms with Gasteiger partial charge in [0.1, 0.15) is 0 Å². The molecule has 82 valence electrons. The van der Waals surface area contributed by atoms with Crippen LogP contribution in [-0.4, -0.2) is 12.6 Å². The molecule has 2 N–H and O–H groups in total. The maximum absolute atomic E-state index is 6.14. The van der Waals surface area contributed by atoms with Gasteiger partial charge in [0.15, 0.2) is 0 Å². The molecule has 1 unspecified atom stereocenters. The Labute approximate surface area is 96.0 Å². The Morgan fingerprint density at radius 3 is 2.93 bits per heavy atom. The van der Waals surface area contributed by atoms with Crippen molar-refractivity contribution in [2.24, 2.45) is 5.92 Å². The third kappa shape index (κ3) is 2.20. The molecule has 0 aliphatic carbocycles. The summed E-state index contributed by atoms with van der Waals surface area (Å²) in [4.78, 5) is 0. The van der Waals surface area contributed by atoms with E-state index in [1.807, 2.05) is 12.1 Å². The Hall–Kier alpha value is -0.890. The van der Waals surface area contributed by atoms with Crippen LogP contribution in [-0.2, 0) is 0 Å². The van der Waals surface area contributed by atoms with Crippen molar-refractivity contribution in [2.75, 3.05) is 17.2 Å². The highest BCUT2D eigenvalue weighted by atomic mass is 35.5. The first-order chi connectivity index (χ1) is 7.18. The maximum atomic E-state index is 6.14. The summed E-state index contributed by atoms with van der Waals surface area (Å²) in [7, 11) is 0. The van der Waals surface area contributed by atoms with E-state index in [1.54, 1.807) is 0 Å². The molecule has 15 heavy (non-hydrogen) atoms. The first-order valence-electron chi connectivity index (χ1n) is 5.47. The van der Waals surface area contributed by atoms with Gasteiger partial charge in [-0.2, -0.15) is 0 Å². The van der Waals surface area contributed by atoms with Crippen molar-refractivity contribution in [1.29, 1.82) is 0 Å². The largest absolute Gasteiger partial charge is 0.382 e. The highest BCUT2D eigenvalue weighted by Crippen LogP contribution is 2.33. The zero-order valence-electron chi connectivity index (χ0n) is 9.18. The fourth-order valence-electron chi connectivity index (χ4n) is 1.95. The number of para-hydroxylation sites is 1. The van der Waals surface area contributed by atoms with Crippen molar-refractivity contribution in [3.05, 3.63) is 23.2 Å². The van der Waals surface area contributed by atoms with Crippen LogP contribution in [0, 0.1) is 5.92 Å². The van der Waals surface area contributed by atoms with Crippen molar-refractivity contribution in [3.63, 3.8) is 0 Å². The molecular formula is C12H17ClN2. The van der Waals surface area contributed by atoms with E-state index in [2.05, 4.69) is 30.5 Å². The summed E-state index contributed by atoms with van der Waals surface area (Å²) in [5, 5.41) is 7.73. The molecule has 1 aliphatic heterocycles. The van der Waals surface area contributed by atoms with Crippen molar-refractivity contribution in [2.45, 2.75) is 26.3 Å². The molecule has 0 amide bonds. The van der Waals surface area contributed by atoms with Crippen LogP contribution in [0.15, 0.2) is 18.2 Å². The van der Waals surface area contributed by atoms with Crippen molar-refractivity contribution >= 4 is 23.0 Å². The molecular weight excluding hydrogens is 208 g/mol. The summed E-state index contributed by atoms with van der Waals surface area (Å²) >= 11 is 6.14. The van der Waals surface area contributed by atoms with Gasteiger partial charge in [-0.15, -0.1) is 0 Å². The highest BCUT2D eigenvalue weighted by molar-refractivity contribution is 6.34. The van der Waals surface area contributed by atoms with E-state index >= 15 is 0 Å². The fraction of sp³-hybridized carbons (Fsp3) is 0.500. The number of halogens is 1. The second-order valence-corrected chi connectivity index (χ2v) is 4.78. The lowest BCUT2D eigenvalue weighted by atomic mass is 10.0. The van der Waals surface area contributed by atoms with Gasteiger partial charge in [0.25, 0.3) is 0 Å². The number of hydrogen-bond acceptors (Lipinski definition) is 2. The molecule has 0 saturated carbocycles. The number of benzene rings is 1. The monoisotopic (exact) mass is 224 g/mol. The van der Waals surface area contributed by atoms with E-state index in [-0.39, 0.29) is 0 Å². The van der Waals surface area contributed by atoms with Gasteiger partial charge < -0.3 is 10.6 Å². The predicted molar refractivity (Wildman–Crippen MR) is 66.8 cm³/mol. The van der Waals surface area contributed by atoms with Gasteiger partial charge in [-0.1, -0.05) is 31.5 Å². The molecule has 1 heterocycles. The molecule has 1 aromatic carbocycles. The van der Waals surface area contributed by atoms with Crippen molar-refractivity contribution < 1.29 is 0 Å². The van der Waals surface area contributed by atoms with Gasteiger partial charge >= 0.3 is 0 Å². The number of nitrogens with one attached hydrogen (secondary N) is 2. The SMILES string of the molecule is CC(C)C1CCNc2c(Cl)cccc2N1. The molecule has 0 spiro atoms. The van der Waals surface area contributed by atoms with Crippen molar-refractivity contribution in [1.82, 2.24) is 0 Å². The van der Waals surface area contributed by atoms with Crippen LogP contribution >= 0.6 is 11.6 Å². The molecule has 0 saturated heterocycles. The second-order valence-electron chi connectivity index (χ2n) is 4.37. The van der Waals surface area contributed by atoms with Crippen LogP contribution in [0.1, 0.15) is 20.3 Å². The summed E-state index contributed by atoms with van der Waals surface area (Å²) in [5.41, 5.74) is 2.17. The molecule has 1 aromatic rings. The van der Waals surface area contributed by atoms with Crippen molar-refractivity contribution in [3.8, 4) is 0 Å². The van der Waals surface area contributed by atoms with Gasteiger partial charge in [0, 0.05) is 12.6 Å². The molecule has 3 heteroatoms. The summed E-state index contributed by atoms with van der Waals surface area (Å²) in [6.45, 7) is 5.47. The van der Waals surface area contributed by atoms with E-state index in [1.165, 1.54) is 0 Å². The lowest BCUT2D eigenvalue weighted by Gasteiger charge is -2.21. The normalized spacial score (nSPS) is 20.1. The van der Waals surface area contributed by atoms with Crippen LogP contribution in [0.25, 0.3) is 0 Å². The number of rotatable bonds is 1. The Morgan fingerprint density at radius 1 is 1.40 bits per heavy atom. The third-order valence-electron chi connectivity index (χ3n) is 2.92. The Balaban J connectivity index is 2.30. The van der Waals surface area contributed by atoms with Crippen LogP contribution in [0.4, 0.5) is 11.4 Å². The minimum Gasteiger partial charge on any atom is -0.382 e. The van der Waals surface area contributed by atoms with Crippen LogP contribution in [0.2, 0.25) is 5.02 Å². The van der Waals surface area contributed by atoms with Gasteiger partial charge in [-0.3, -0.25) is 0 Å². The minimum absolute atomic E-state index is 0.525. The molecule has 0 aromatic heterocycles. The van der Waals surface area contributed by atoms with Gasteiger partial charge in [-0.05, 0) is 24.5 Å². The quantitative estimate of drug-likeness (QED) is 0.762. The zero-order valence-corrected chi connectivity index (χ0v) is 9.93. The van der Waals surface area contributed by atoms with Gasteiger partial charge in [-0.25, -0.2) is 0 Å². The summed E-state index contributed by atoms with van der Waals surface area (Å²) in [5.74, 6) is 0.636. The summed E-state index contributed by atoms with van der Waals surface area (Å²) < 4.78 is 0. The number of hydrogen-bond donors (Lipinski definition) is 2. The van der Waals surface area contributed by atoms with E-state index in [0.717, 1.165) is 29.4 Å². The standard InChI is InChI=1S/C12H17ClN2/c1-8(2)10-6-7-14-12-9(13)4-3-5-11(12)15-10/h3-5,8,10,14-15H,6-7H2,1-2H3. The zero-order chi connectivity index (χ0) is 10.8. The summed E-state index contributed by atoms with van der Waals surface area (Å²) in [6.07, 6.45) is 1.13. The third-order valence-corrected chi connectivity index (χ3v) is 3.23. The second kappa shape index (κ2) is 4.31. The first kappa shape index (κ1) is 10.6. The van der Waals surface area contributed by atoms with Gasteiger partial charge in [0.2, 0.25) is 0 Å². The molecule has 0 radical (unpaired) electrons. The lowest BCUT2D eigenvalue weighted by Crippen LogP contribution is -2.25. The van der Waals surface area contributed by atoms with Crippen LogP contribution in [0.3, 0.4) is 0 Å².